The van der Waals surface area contributed by atoms with E-state index >= 15 is 0 Å². The molecule has 0 aliphatic carbocycles. The second-order valence-electron chi connectivity index (χ2n) is 4.85. The lowest BCUT2D eigenvalue weighted by molar-refractivity contribution is -0.139. The summed E-state index contributed by atoms with van der Waals surface area (Å²) >= 11 is 5.83. The maximum Gasteiger partial charge on any atom is 0.311 e. The summed E-state index contributed by atoms with van der Waals surface area (Å²) in [5.74, 6) is -0.658. The summed E-state index contributed by atoms with van der Waals surface area (Å²) in [6, 6.07) is 14.6. The van der Waals surface area contributed by atoms with E-state index in [1.807, 2.05) is 31.2 Å². The van der Waals surface area contributed by atoms with Crippen LogP contribution in [-0.2, 0) is 4.79 Å². The van der Waals surface area contributed by atoms with Crippen LogP contribution in [0.5, 0.6) is 5.75 Å². The maximum absolute atomic E-state index is 11.4. The van der Waals surface area contributed by atoms with Gasteiger partial charge in [-0.25, -0.2) is 0 Å². The van der Waals surface area contributed by atoms with E-state index in [2.05, 4.69) is 0 Å². The Hall–Kier alpha value is -2.00. The Morgan fingerprint density at radius 1 is 1.19 bits per heavy atom. The fraction of sp³-hybridized carbons (Fsp3) is 0.235. The number of carbonyl (C=O) groups is 1. The number of aliphatic carboxylic acids is 1. The number of hydrogen-bond donors (Lipinski definition) is 1. The monoisotopic (exact) mass is 304 g/mol. The van der Waals surface area contributed by atoms with Crippen molar-refractivity contribution < 1.29 is 14.6 Å². The van der Waals surface area contributed by atoms with Gasteiger partial charge in [0.25, 0.3) is 0 Å². The van der Waals surface area contributed by atoms with Crippen LogP contribution in [0.25, 0.3) is 0 Å². The van der Waals surface area contributed by atoms with Crippen molar-refractivity contribution in [2.75, 3.05) is 6.61 Å². The van der Waals surface area contributed by atoms with Gasteiger partial charge in [-0.1, -0.05) is 41.9 Å². The largest absolute Gasteiger partial charge is 0.493 e. The molecule has 0 bridgehead atoms. The van der Waals surface area contributed by atoms with E-state index in [0.29, 0.717) is 18.1 Å². The van der Waals surface area contributed by atoms with Gasteiger partial charge in [-0.05, 0) is 42.7 Å². The molecule has 1 unspecified atom stereocenters. The summed E-state index contributed by atoms with van der Waals surface area (Å²) in [7, 11) is 0. The van der Waals surface area contributed by atoms with Crippen LogP contribution in [-0.4, -0.2) is 17.7 Å². The molecule has 0 radical (unpaired) electrons. The zero-order chi connectivity index (χ0) is 15.2. The predicted octanol–water partition coefficient (Wildman–Crippen LogP) is 4.29. The smallest absolute Gasteiger partial charge is 0.311 e. The van der Waals surface area contributed by atoms with Crippen LogP contribution >= 0.6 is 11.6 Å². The molecule has 0 saturated carbocycles. The van der Waals surface area contributed by atoms with Crippen molar-refractivity contribution in [1.82, 2.24) is 0 Å². The second-order valence-corrected chi connectivity index (χ2v) is 5.28. The van der Waals surface area contributed by atoms with E-state index in [1.54, 1.807) is 24.3 Å². The first-order chi connectivity index (χ1) is 10.1. The Morgan fingerprint density at radius 3 is 2.48 bits per heavy atom. The summed E-state index contributed by atoms with van der Waals surface area (Å²) in [5.41, 5.74) is 1.77. The van der Waals surface area contributed by atoms with Crippen molar-refractivity contribution in [3.63, 3.8) is 0 Å². The molecular weight excluding hydrogens is 288 g/mol. The van der Waals surface area contributed by atoms with Gasteiger partial charge in [0.1, 0.15) is 5.75 Å². The predicted molar refractivity (Wildman–Crippen MR) is 83.1 cm³/mol. The van der Waals surface area contributed by atoms with E-state index < -0.39 is 11.9 Å². The Bertz CT molecular complexity index is 608. The molecule has 0 amide bonds. The molecule has 110 valence electrons. The molecule has 0 spiro atoms. The van der Waals surface area contributed by atoms with E-state index in [0.717, 1.165) is 16.9 Å². The van der Waals surface area contributed by atoms with Crippen LogP contribution < -0.4 is 4.74 Å². The van der Waals surface area contributed by atoms with Gasteiger partial charge in [0.05, 0.1) is 12.5 Å². The number of hydrogen-bond acceptors (Lipinski definition) is 2. The van der Waals surface area contributed by atoms with Gasteiger partial charge in [-0.15, -0.1) is 0 Å². The molecule has 21 heavy (non-hydrogen) atoms. The first kappa shape index (κ1) is 15.4. The van der Waals surface area contributed by atoms with Gasteiger partial charge >= 0.3 is 5.97 Å². The van der Waals surface area contributed by atoms with Crippen LogP contribution in [0, 0.1) is 6.92 Å². The summed E-state index contributed by atoms with van der Waals surface area (Å²) in [6.07, 6.45) is 0.408. The Morgan fingerprint density at radius 2 is 1.86 bits per heavy atom. The van der Waals surface area contributed by atoms with Crippen LogP contribution in [0.2, 0.25) is 5.02 Å². The molecular formula is C17H17ClO3. The molecule has 4 heteroatoms. The third-order valence-corrected chi connectivity index (χ3v) is 3.58. The third-order valence-electron chi connectivity index (χ3n) is 3.33. The van der Waals surface area contributed by atoms with Crippen molar-refractivity contribution in [2.24, 2.45) is 0 Å². The van der Waals surface area contributed by atoms with E-state index in [4.69, 9.17) is 16.3 Å². The first-order valence-corrected chi connectivity index (χ1v) is 7.12. The number of para-hydroxylation sites is 1. The van der Waals surface area contributed by atoms with Crippen molar-refractivity contribution in [3.05, 3.63) is 64.7 Å². The lowest BCUT2D eigenvalue weighted by Crippen LogP contribution is -2.15. The Labute approximate surface area is 129 Å². The molecule has 0 aromatic heterocycles. The standard InChI is InChI=1S/C17H17ClO3/c1-12-4-2-3-5-16(12)21-11-10-15(17(19)20)13-6-8-14(18)9-7-13/h2-9,15H,10-11H2,1H3,(H,19,20). The highest BCUT2D eigenvalue weighted by atomic mass is 35.5. The number of carboxylic acid groups (broad SMARTS) is 1. The third kappa shape index (κ3) is 4.23. The number of halogens is 1. The van der Waals surface area contributed by atoms with Crippen molar-refractivity contribution in [2.45, 2.75) is 19.3 Å². The molecule has 1 atom stereocenters. The van der Waals surface area contributed by atoms with E-state index in [1.165, 1.54) is 0 Å². The molecule has 1 N–H and O–H groups in total. The summed E-state index contributed by atoms with van der Waals surface area (Å²) in [6.45, 7) is 2.31. The topological polar surface area (TPSA) is 46.5 Å². The van der Waals surface area contributed by atoms with Crippen molar-refractivity contribution >= 4 is 17.6 Å². The van der Waals surface area contributed by atoms with Crippen molar-refractivity contribution in [1.29, 1.82) is 0 Å². The van der Waals surface area contributed by atoms with Gasteiger partial charge in [0, 0.05) is 5.02 Å². The average Bonchev–Trinajstić information content (AvgIpc) is 2.46. The molecule has 3 nitrogen and oxygen atoms in total. The minimum absolute atomic E-state index is 0.352. The Kier molecular flexibility index (Phi) is 5.23. The normalized spacial score (nSPS) is 11.9. The molecule has 2 aromatic rings. The lowest BCUT2D eigenvalue weighted by Gasteiger charge is -2.14. The number of carboxylic acids is 1. The van der Waals surface area contributed by atoms with Crippen molar-refractivity contribution in [3.8, 4) is 5.75 Å². The minimum atomic E-state index is -0.856. The molecule has 2 rings (SSSR count). The molecule has 0 heterocycles. The second kappa shape index (κ2) is 7.14. The molecule has 0 saturated heterocycles. The maximum atomic E-state index is 11.4. The van der Waals surface area contributed by atoms with Gasteiger partial charge in [-0.3, -0.25) is 4.79 Å². The highest BCUT2D eigenvalue weighted by molar-refractivity contribution is 6.30. The highest BCUT2D eigenvalue weighted by Crippen LogP contribution is 2.23. The van der Waals surface area contributed by atoms with E-state index in [-0.39, 0.29) is 0 Å². The fourth-order valence-electron chi connectivity index (χ4n) is 2.13. The van der Waals surface area contributed by atoms with Crippen LogP contribution in [0.3, 0.4) is 0 Å². The zero-order valence-electron chi connectivity index (χ0n) is 11.8. The van der Waals surface area contributed by atoms with Gasteiger partial charge < -0.3 is 9.84 Å². The van der Waals surface area contributed by atoms with Crippen LogP contribution in [0.15, 0.2) is 48.5 Å². The average molecular weight is 305 g/mol. The fourth-order valence-corrected chi connectivity index (χ4v) is 2.26. The summed E-state index contributed by atoms with van der Waals surface area (Å²) < 4.78 is 5.67. The molecule has 2 aromatic carbocycles. The molecule has 0 aliphatic heterocycles. The number of ether oxygens (including phenoxy) is 1. The summed E-state index contributed by atoms with van der Waals surface area (Å²) in [4.78, 5) is 11.4. The highest BCUT2D eigenvalue weighted by Gasteiger charge is 2.19. The number of rotatable bonds is 6. The van der Waals surface area contributed by atoms with Crippen LogP contribution in [0.1, 0.15) is 23.5 Å². The quantitative estimate of drug-likeness (QED) is 0.866. The minimum Gasteiger partial charge on any atom is -0.493 e. The molecule has 0 fully saturated rings. The van der Waals surface area contributed by atoms with E-state index in [9.17, 15) is 9.90 Å². The van der Waals surface area contributed by atoms with Gasteiger partial charge in [0.15, 0.2) is 0 Å². The number of aryl methyl sites for hydroxylation is 1. The van der Waals surface area contributed by atoms with Gasteiger partial charge in [0.2, 0.25) is 0 Å². The lowest BCUT2D eigenvalue weighted by atomic mass is 9.96. The SMILES string of the molecule is Cc1ccccc1OCCC(C(=O)O)c1ccc(Cl)cc1. The summed E-state index contributed by atoms with van der Waals surface area (Å²) in [5, 5.41) is 9.96. The Balaban J connectivity index is 2.00. The number of benzene rings is 2. The first-order valence-electron chi connectivity index (χ1n) is 6.74. The van der Waals surface area contributed by atoms with Crippen LogP contribution in [0.4, 0.5) is 0 Å². The zero-order valence-corrected chi connectivity index (χ0v) is 12.5. The molecule has 0 aliphatic rings. The van der Waals surface area contributed by atoms with Gasteiger partial charge in [-0.2, -0.15) is 0 Å².